The Hall–Kier alpha value is -2.29. The third-order valence-electron chi connectivity index (χ3n) is 3.02. The quantitative estimate of drug-likeness (QED) is 0.359. The molecule has 3 rings (SSSR count). The van der Waals surface area contributed by atoms with Crippen LogP contribution >= 0.6 is 35.0 Å². The van der Waals surface area contributed by atoms with E-state index < -0.39 is 22.0 Å². The lowest BCUT2D eigenvalue weighted by Gasteiger charge is -2.12. The minimum Gasteiger partial charge on any atom is -0.401 e. The topological polar surface area (TPSA) is 93.7 Å². The maximum absolute atomic E-state index is 12.4. The summed E-state index contributed by atoms with van der Waals surface area (Å²) in [6.07, 6.45) is 1.27. The van der Waals surface area contributed by atoms with Crippen LogP contribution in [0.1, 0.15) is 19.6 Å². The highest BCUT2D eigenvalue weighted by Gasteiger charge is 2.36. The number of thioether (sulfide) groups is 1. The number of anilines is 1. The Labute approximate surface area is 162 Å². The van der Waals surface area contributed by atoms with Crippen molar-refractivity contribution in [3.05, 3.63) is 61.2 Å². The second-order valence-corrected chi connectivity index (χ2v) is 6.36. The second-order valence-electron chi connectivity index (χ2n) is 4.55. The Morgan fingerprint density at radius 1 is 1.15 bits per heavy atom. The molecule has 1 aromatic carbocycles. The highest BCUT2D eigenvalue weighted by molar-refractivity contribution is 8.19. The molecule has 2 heterocycles. The number of hydrogen-bond acceptors (Lipinski definition) is 6. The summed E-state index contributed by atoms with van der Waals surface area (Å²) in [5.74, 6) is -0.936. The first-order valence-corrected chi connectivity index (χ1v) is 8.91. The van der Waals surface area contributed by atoms with Crippen LogP contribution in [0.25, 0.3) is 6.08 Å². The molecule has 2 amide bonds. The fraction of sp³-hybridized carbons (Fsp3) is 0.125. The van der Waals surface area contributed by atoms with Gasteiger partial charge in [0.25, 0.3) is 11.1 Å². The fourth-order valence-corrected chi connectivity index (χ4v) is 3.08. The van der Waals surface area contributed by atoms with Gasteiger partial charge < -0.3 is 4.42 Å². The van der Waals surface area contributed by atoms with Gasteiger partial charge in [0.2, 0.25) is 0 Å². The molecule has 1 aliphatic heterocycles. The van der Waals surface area contributed by atoms with Crippen molar-refractivity contribution in [3.63, 3.8) is 0 Å². The smallest absolute Gasteiger partial charge is 0.401 e. The van der Waals surface area contributed by atoms with Crippen molar-refractivity contribution in [2.45, 2.75) is 13.8 Å². The maximum atomic E-state index is 12.4. The Kier molecular flexibility index (Phi) is 6.47. The lowest BCUT2D eigenvalue weighted by molar-refractivity contribution is -0.402. The minimum atomic E-state index is -0.696. The van der Waals surface area contributed by atoms with Crippen molar-refractivity contribution in [3.8, 4) is 0 Å². The number of nitrogens with zero attached hydrogens (tertiary/aromatic N) is 2. The van der Waals surface area contributed by atoms with Crippen molar-refractivity contribution in [2.75, 3.05) is 4.90 Å². The number of nitro groups is 1. The first kappa shape index (κ1) is 20.0. The number of halogens is 2. The molecule has 1 saturated heterocycles. The number of carbonyl (C=O) groups is 2. The van der Waals surface area contributed by atoms with Crippen LogP contribution in [0.15, 0.2) is 39.7 Å². The average molecular weight is 415 g/mol. The lowest BCUT2D eigenvalue weighted by atomic mass is 10.3. The Morgan fingerprint density at radius 2 is 1.85 bits per heavy atom. The monoisotopic (exact) mass is 414 g/mol. The molecule has 2 aromatic rings. The molecule has 0 N–H and O–H groups in total. The molecule has 7 nitrogen and oxygen atoms in total. The summed E-state index contributed by atoms with van der Waals surface area (Å²) in [5.41, 5.74) is 0.278. The van der Waals surface area contributed by atoms with E-state index in [1.54, 1.807) is 0 Å². The Balaban J connectivity index is 0.00000117. The molecule has 136 valence electrons. The highest BCUT2D eigenvalue weighted by atomic mass is 35.5. The maximum Gasteiger partial charge on any atom is 0.433 e. The summed E-state index contributed by atoms with van der Waals surface area (Å²) < 4.78 is 4.96. The van der Waals surface area contributed by atoms with Gasteiger partial charge in [-0.3, -0.25) is 19.7 Å². The normalized spacial score (nSPS) is 15.2. The van der Waals surface area contributed by atoms with Crippen molar-refractivity contribution < 1.29 is 18.9 Å². The van der Waals surface area contributed by atoms with Gasteiger partial charge in [-0.15, -0.1) is 0 Å². The number of rotatable bonds is 3. The van der Waals surface area contributed by atoms with E-state index in [2.05, 4.69) is 0 Å². The molecule has 0 atom stereocenters. The van der Waals surface area contributed by atoms with Gasteiger partial charge in [-0.2, -0.15) is 0 Å². The van der Waals surface area contributed by atoms with Crippen molar-refractivity contribution in [1.29, 1.82) is 0 Å². The summed E-state index contributed by atoms with van der Waals surface area (Å²) in [6.45, 7) is 4.00. The van der Waals surface area contributed by atoms with Crippen LogP contribution in [0.2, 0.25) is 10.0 Å². The predicted octanol–water partition coefficient (Wildman–Crippen LogP) is 5.76. The molecule has 1 aliphatic rings. The SMILES string of the molecule is CC.O=C1S/C(=C\c2ccc([N+](=O)[O-])o2)C(=O)N1c1ccc(Cl)c(Cl)c1. The Morgan fingerprint density at radius 3 is 2.42 bits per heavy atom. The van der Waals surface area contributed by atoms with Gasteiger partial charge in [0.1, 0.15) is 10.7 Å². The van der Waals surface area contributed by atoms with E-state index in [1.165, 1.54) is 30.3 Å². The third kappa shape index (κ3) is 4.09. The molecule has 26 heavy (non-hydrogen) atoms. The molecular weight excluding hydrogens is 403 g/mol. The number of furan rings is 1. The van der Waals surface area contributed by atoms with Crippen LogP contribution in [0.3, 0.4) is 0 Å². The average Bonchev–Trinajstić information content (AvgIpc) is 3.18. The number of hydrogen-bond donors (Lipinski definition) is 0. The third-order valence-corrected chi connectivity index (χ3v) is 4.63. The zero-order valence-electron chi connectivity index (χ0n) is 13.6. The number of benzene rings is 1. The van der Waals surface area contributed by atoms with Crippen molar-refractivity contribution >= 4 is 63.8 Å². The predicted molar refractivity (Wildman–Crippen MR) is 102 cm³/mol. The number of amides is 2. The van der Waals surface area contributed by atoms with Crippen molar-refractivity contribution in [1.82, 2.24) is 0 Å². The van der Waals surface area contributed by atoms with Gasteiger partial charge in [0.05, 0.1) is 26.7 Å². The molecule has 0 aliphatic carbocycles. The summed E-state index contributed by atoms with van der Waals surface area (Å²) in [5, 5.41) is 10.6. The summed E-state index contributed by atoms with van der Waals surface area (Å²) in [4.78, 5) is 35.5. The standard InChI is InChI=1S/C14H6Cl2N2O5S.C2H6/c15-9-3-1-7(5-10(9)16)17-13(19)11(24-14(17)20)6-8-2-4-12(23-8)18(21)22;1-2/h1-6H;1-2H3/b11-6-;. The second kappa shape index (κ2) is 8.39. The molecule has 0 saturated carbocycles. The lowest BCUT2D eigenvalue weighted by Crippen LogP contribution is -2.27. The zero-order valence-corrected chi connectivity index (χ0v) is 15.9. The van der Waals surface area contributed by atoms with Gasteiger partial charge in [0.15, 0.2) is 0 Å². The molecule has 0 bridgehead atoms. The highest BCUT2D eigenvalue weighted by Crippen LogP contribution is 2.38. The summed E-state index contributed by atoms with van der Waals surface area (Å²) in [7, 11) is 0. The van der Waals surface area contributed by atoms with E-state index in [-0.39, 0.29) is 21.4 Å². The summed E-state index contributed by atoms with van der Waals surface area (Å²) in [6, 6.07) is 6.87. The first-order valence-electron chi connectivity index (χ1n) is 7.34. The van der Waals surface area contributed by atoms with Gasteiger partial charge in [-0.1, -0.05) is 37.0 Å². The molecule has 0 unspecified atom stereocenters. The van der Waals surface area contributed by atoms with Crippen LogP contribution in [-0.2, 0) is 4.79 Å². The van der Waals surface area contributed by atoms with Gasteiger partial charge in [0, 0.05) is 6.08 Å². The van der Waals surface area contributed by atoms with E-state index in [1.807, 2.05) is 13.8 Å². The summed E-state index contributed by atoms with van der Waals surface area (Å²) >= 11 is 12.4. The van der Waals surface area contributed by atoms with Gasteiger partial charge in [-0.05, 0) is 36.0 Å². The van der Waals surface area contributed by atoms with E-state index in [4.69, 9.17) is 27.6 Å². The molecule has 0 spiro atoms. The minimum absolute atomic E-state index is 0.0790. The van der Waals surface area contributed by atoms with Crippen LogP contribution in [0, 0.1) is 10.1 Å². The van der Waals surface area contributed by atoms with Crippen LogP contribution in [0.5, 0.6) is 0 Å². The fourth-order valence-electron chi connectivity index (χ4n) is 1.96. The van der Waals surface area contributed by atoms with Crippen LogP contribution in [0.4, 0.5) is 16.4 Å². The number of carbonyl (C=O) groups excluding carboxylic acids is 2. The number of imide groups is 1. The molecule has 1 fully saturated rings. The molecule has 1 aromatic heterocycles. The van der Waals surface area contributed by atoms with E-state index in [0.717, 1.165) is 11.0 Å². The van der Waals surface area contributed by atoms with E-state index in [0.29, 0.717) is 16.8 Å². The van der Waals surface area contributed by atoms with E-state index >= 15 is 0 Å². The van der Waals surface area contributed by atoms with E-state index in [9.17, 15) is 19.7 Å². The van der Waals surface area contributed by atoms with Gasteiger partial charge >= 0.3 is 5.88 Å². The zero-order chi connectivity index (χ0) is 19.4. The molecular formula is C16H12Cl2N2O5S. The van der Waals surface area contributed by atoms with Crippen LogP contribution < -0.4 is 4.90 Å². The first-order chi connectivity index (χ1) is 12.4. The van der Waals surface area contributed by atoms with Gasteiger partial charge in [-0.25, -0.2) is 4.90 Å². The largest absolute Gasteiger partial charge is 0.433 e. The van der Waals surface area contributed by atoms with Crippen molar-refractivity contribution in [2.24, 2.45) is 0 Å². The Bertz CT molecular complexity index is 910. The molecule has 10 heteroatoms. The molecule has 0 radical (unpaired) electrons. The van der Waals surface area contributed by atoms with Crippen LogP contribution in [-0.4, -0.2) is 16.1 Å².